The average Bonchev–Trinajstić information content (AvgIpc) is 2.55. The molecular weight excluding hydrogens is 171 g/mol. The molecule has 1 heterocycles. The topological polar surface area (TPSA) is 26.3 Å². The van der Waals surface area contributed by atoms with Gasteiger partial charge in [-0.1, -0.05) is 19.3 Å². The highest BCUT2D eigenvalue weighted by molar-refractivity contribution is 7.60. The van der Waals surface area contributed by atoms with Gasteiger partial charge in [0.15, 0.2) is 0 Å². The van der Waals surface area contributed by atoms with Crippen molar-refractivity contribution >= 4 is 7.37 Å². The SMILES string of the molecule is O=P1(C2CCCCC2)CCCO1. The van der Waals surface area contributed by atoms with Crippen molar-refractivity contribution in [3.63, 3.8) is 0 Å². The molecular formula is C9H17O2P. The summed E-state index contributed by atoms with van der Waals surface area (Å²) < 4.78 is 17.6. The maximum atomic E-state index is 12.1. The molecule has 1 unspecified atom stereocenters. The van der Waals surface area contributed by atoms with E-state index in [2.05, 4.69) is 0 Å². The zero-order chi connectivity index (χ0) is 8.44. The van der Waals surface area contributed by atoms with Crippen LogP contribution < -0.4 is 0 Å². The Morgan fingerprint density at radius 2 is 1.83 bits per heavy atom. The van der Waals surface area contributed by atoms with E-state index in [1.54, 1.807) is 0 Å². The predicted octanol–water partition coefficient (Wildman–Crippen LogP) is 3.02. The quantitative estimate of drug-likeness (QED) is 0.591. The van der Waals surface area contributed by atoms with E-state index in [0.29, 0.717) is 5.66 Å². The van der Waals surface area contributed by atoms with Gasteiger partial charge in [0.25, 0.3) is 0 Å². The Bertz CT molecular complexity index is 187. The maximum absolute atomic E-state index is 12.1. The van der Waals surface area contributed by atoms with Crippen molar-refractivity contribution in [1.29, 1.82) is 0 Å². The van der Waals surface area contributed by atoms with Gasteiger partial charge in [-0.25, -0.2) is 0 Å². The van der Waals surface area contributed by atoms with E-state index in [4.69, 9.17) is 4.52 Å². The summed E-state index contributed by atoms with van der Waals surface area (Å²) in [6, 6.07) is 0. The second-order valence-electron chi connectivity index (χ2n) is 3.93. The van der Waals surface area contributed by atoms with Crippen LogP contribution in [0.25, 0.3) is 0 Å². The molecule has 0 aromatic rings. The minimum Gasteiger partial charge on any atom is -0.328 e. The molecule has 2 rings (SSSR count). The van der Waals surface area contributed by atoms with Crippen LogP contribution in [0.1, 0.15) is 38.5 Å². The van der Waals surface area contributed by atoms with Gasteiger partial charge < -0.3 is 4.52 Å². The molecule has 0 spiro atoms. The second kappa shape index (κ2) is 3.51. The fourth-order valence-electron chi connectivity index (χ4n) is 2.33. The van der Waals surface area contributed by atoms with E-state index >= 15 is 0 Å². The molecule has 1 saturated carbocycles. The van der Waals surface area contributed by atoms with E-state index in [1.807, 2.05) is 0 Å². The van der Waals surface area contributed by atoms with Crippen LogP contribution in [0.15, 0.2) is 0 Å². The second-order valence-corrected chi connectivity index (χ2v) is 6.82. The minimum atomic E-state index is -2.15. The molecule has 1 aliphatic carbocycles. The highest BCUT2D eigenvalue weighted by Crippen LogP contribution is 2.59. The Labute approximate surface area is 74.1 Å². The van der Waals surface area contributed by atoms with Crippen molar-refractivity contribution in [2.75, 3.05) is 12.8 Å². The van der Waals surface area contributed by atoms with Gasteiger partial charge in [-0.15, -0.1) is 0 Å². The normalized spacial score (nSPS) is 38.7. The Morgan fingerprint density at radius 3 is 2.42 bits per heavy atom. The van der Waals surface area contributed by atoms with Crippen molar-refractivity contribution < 1.29 is 9.09 Å². The number of hydrogen-bond acceptors (Lipinski definition) is 2. The lowest BCUT2D eigenvalue weighted by Crippen LogP contribution is -2.13. The molecule has 0 bridgehead atoms. The Morgan fingerprint density at radius 1 is 1.08 bits per heavy atom. The van der Waals surface area contributed by atoms with Crippen LogP contribution in [0.4, 0.5) is 0 Å². The van der Waals surface area contributed by atoms with Gasteiger partial charge in [0.1, 0.15) is 0 Å². The highest BCUT2D eigenvalue weighted by atomic mass is 31.2. The molecule has 0 aromatic heterocycles. The van der Waals surface area contributed by atoms with Crippen molar-refractivity contribution in [2.45, 2.75) is 44.2 Å². The van der Waals surface area contributed by atoms with Crippen LogP contribution in [0.3, 0.4) is 0 Å². The minimum absolute atomic E-state index is 0.425. The van der Waals surface area contributed by atoms with Crippen LogP contribution in [0, 0.1) is 0 Å². The lowest BCUT2D eigenvalue weighted by Gasteiger charge is -2.26. The third kappa shape index (κ3) is 1.60. The first-order valence-corrected chi connectivity index (χ1v) is 6.92. The zero-order valence-electron chi connectivity index (χ0n) is 7.50. The van der Waals surface area contributed by atoms with Gasteiger partial charge in [0.2, 0.25) is 7.37 Å². The summed E-state index contributed by atoms with van der Waals surface area (Å²) in [5.74, 6) is 0. The molecule has 2 fully saturated rings. The Kier molecular flexibility index (Phi) is 2.57. The van der Waals surface area contributed by atoms with Crippen LogP contribution >= 0.6 is 7.37 Å². The first-order chi connectivity index (χ1) is 5.81. The number of hydrogen-bond donors (Lipinski definition) is 0. The van der Waals surface area contributed by atoms with Crippen LogP contribution in [0.2, 0.25) is 0 Å². The maximum Gasteiger partial charge on any atom is 0.206 e. The smallest absolute Gasteiger partial charge is 0.206 e. The van der Waals surface area contributed by atoms with E-state index in [0.717, 1.165) is 32.0 Å². The van der Waals surface area contributed by atoms with Crippen LogP contribution in [-0.4, -0.2) is 18.4 Å². The molecule has 1 atom stereocenters. The van der Waals surface area contributed by atoms with Gasteiger partial charge >= 0.3 is 0 Å². The van der Waals surface area contributed by atoms with E-state index in [1.165, 1.54) is 19.3 Å². The van der Waals surface area contributed by atoms with Crippen molar-refractivity contribution in [3.05, 3.63) is 0 Å². The van der Waals surface area contributed by atoms with Crippen LogP contribution in [0.5, 0.6) is 0 Å². The average molecular weight is 188 g/mol. The van der Waals surface area contributed by atoms with Gasteiger partial charge in [-0.2, -0.15) is 0 Å². The molecule has 1 saturated heterocycles. The summed E-state index contributed by atoms with van der Waals surface area (Å²) in [6.45, 7) is 0.744. The molecule has 2 nitrogen and oxygen atoms in total. The van der Waals surface area contributed by atoms with Gasteiger partial charge in [0, 0.05) is 11.8 Å². The largest absolute Gasteiger partial charge is 0.328 e. The predicted molar refractivity (Wildman–Crippen MR) is 49.9 cm³/mol. The standard InChI is InChI=1S/C9H17O2P/c10-12(8-4-7-11-12)9-5-2-1-3-6-9/h9H,1-8H2. The summed E-state index contributed by atoms with van der Waals surface area (Å²) in [6.07, 6.45) is 8.03. The van der Waals surface area contributed by atoms with Crippen LogP contribution in [-0.2, 0) is 9.09 Å². The van der Waals surface area contributed by atoms with Crippen molar-refractivity contribution in [3.8, 4) is 0 Å². The van der Waals surface area contributed by atoms with E-state index in [-0.39, 0.29) is 0 Å². The molecule has 0 radical (unpaired) electrons. The summed E-state index contributed by atoms with van der Waals surface area (Å²) in [7, 11) is -2.15. The molecule has 1 aliphatic heterocycles. The molecule has 12 heavy (non-hydrogen) atoms. The fraction of sp³-hybridized carbons (Fsp3) is 1.00. The van der Waals surface area contributed by atoms with E-state index in [9.17, 15) is 4.57 Å². The third-order valence-electron chi connectivity index (χ3n) is 3.05. The highest BCUT2D eigenvalue weighted by Gasteiger charge is 2.37. The molecule has 70 valence electrons. The lowest BCUT2D eigenvalue weighted by molar-refractivity contribution is 0.333. The third-order valence-corrected chi connectivity index (χ3v) is 6.24. The molecule has 0 aromatic carbocycles. The summed E-state index contributed by atoms with van der Waals surface area (Å²) in [5, 5.41) is 0. The molecule has 0 amide bonds. The van der Waals surface area contributed by atoms with Gasteiger partial charge in [0.05, 0.1) is 6.61 Å². The van der Waals surface area contributed by atoms with Crippen molar-refractivity contribution in [1.82, 2.24) is 0 Å². The fourth-order valence-corrected chi connectivity index (χ4v) is 5.20. The summed E-state index contributed by atoms with van der Waals surface area (Å²) >= 11 is 0. The van der Waals surface area contributed by atoms with Gasteiger partial charge in [-0.05, 0) is 19.3 Å². The Hall–Kier alpha value is 0.190. The lowest BCUT2D eigenvalue weighted by atomic mass is 10.0. The number of rotatable bonds is 1. The first-order valence-electron chi connectivity index (χ1n) is 5.04. The summed E-state index contributed by atoms with van der Waals surface area (Å²) in [5.41, 5.74) is 0.425. The Balaban J connectivity index is 2.01. The molecule has 3 heteroatoms. The van der Waals surface area contributed by atoms with Crippen molar-refractivity contribution in [2.24, 2.45) is 0 Å². The summed E-state index contributed by atoms with van der Waals surface area (Å²) in [4.78, 5) is 0. The molecule has 2 aliphatic rings. The van der Waals surface area contributed by atoms with Gasteiger partial charge in [-0.3, -0.25) is 4.57 Å². The first kappa shape index (κ1) is 8.77. The molecule has 0 N–H and O–H groups in total. The monoisotopic (exact) mass is 188 g/mol. The van der Waals surface area contributed by atoms with E-state index < -0.39 is 7.37 Å². The zero-order valence-corrected chi connectivity index (χ0v) is 8.39.